The Hall–Kier alpha value is -0.250. The van der Waals surface area contributed by atoms with Gasteiger partial charge in [0.05, 0.1) is 5.02 Å². The predicted molar refractivity (Wildman–Crippen MR) is 62.7 cm³/mol. The van der Waals surface area contributed by atoms with Gasteiger partial charge in [0.15, 0.2) is 0 Å². The summed E-state index contributed by atoms with van der Waals surface area (Å²) in [6, 6.07) is 3.27. The third kappa shape index (κ3) is 2.41. The van der Waals surface area contributed by atoms with E-state index in [0.29, 0.717) is 10.6 Å². The molecule has 0 bridgehead atoms. The summed E-state index contributed by atoms with van der Waals surface area (Å²) in [7, 11) is 0. The summed E-state index contributed by atoms with van der Waals surface area (Å²) >= 11 is 9.16. The minimum Gasteiger partial charge on any atom is -0.506 e. The number of nitrogens with two attached hydrogens (primary N) is 1. The van der Waals surface area contributed by atoms with Gasteiger partial charge >= 0.3 is 0 Å². The number of halogens is 2. The molecule has 0 aliphatic rings. The Bertz CT molecular complexity index is 330. The van der Waals surface area contributed by atoms with E-state index in [1.807, 2.05) is 0 Å². The summed E-state index contributed by atoms with van der Waals surface area (Å²) in [6.07, 6.45) is 1.80. The molecule has 0 aliphatic heterocycles. The van der Waals surface area contributed by atoms with Crippen molar-refractivity contribution in [2.45, 2.75) is 25.8 Å². The van der Waals surface area contributed by atoms with Gasteiger partial charge in [-0.3, -0.25) is 0 Å². The number of phenolic OH excluding ortho intramolecular Hbond substituents is 1. The Balaban J connectivity index is 3.11. The van der Waals surface area contributed by atoms with Crippen LogP contribution in [0.3, 0.4) is 0 Å². The van der Waals surface area contributed by atoms with Gasteiger partial charge in [-0.2, -0.15) is 0 Å². The van der Waals surface area contributed by atoms with Crippen molar-refractivity contribution in [3.63, 3.8) is 0 Å². The number of hydrogen-bond acceptors (Lipinski definition) is 2. The molecule has 0 saturated carbocycles. The van der Waals surface area contributed by atoms with Crippen molar-refractivity contribution in [3.05, 3.63) is 27.2 Å². The fourth-order valence-electron chi connectivity index (χ4n) is 1.36. The van der Waals surface area contributed by atoms with Gasteiger partial charge < -0.3 is 10.8 Å². The Kier molecular flexibility index (Phi) is 4.23. The second-order valence-electron chi connectivity index (χ2n) is 3.19. The number of aromatic hydroxyl groups is 1. The normalized spacial score (nSPS) is 12.9. The van der Waals surface area contributed by atoms with Crippen LogP contribution in [0.25, 0.3) is 0 Å². The molecule has 0 unspecified atom stereocenters. The molecule has 0 aliphatic carbocycles. The Morgan fingerprint density at radius 1 is 1.57 bits per heavy atom. The SMILES string of the molecule is CCC[C@H](N)c1c(Br)ccc(Cl)c1O. The van der Waals surface area contributed by atoms with Crippen molar-refractivity contribution in [2.75, 3.05) is 0 Å². The van der Waals surface area contributed by atoms with Crippen LogP contribution in [0.2, 0.25) is 5.02 Å². The van der Waals surface area contributed by atoms with Crippen molar-refractivity contribution in [1.82, 2.24) is 0 Å². The summed E-state index contributed by atoms with van der Waals surface area (Å²) in [5.41, 5.74) is 6.62. The fraction of sp³-hybridized carbons (Fsp3) is 0.400. The van der Waals surface area contributed by atoms with E-state index < -0.39 is 0 Å². The highest BCUT2D eigenvalue weighted by Gasteiger charge is 2.16. The molecule has 1 aromatic rings. The number of hydrogen-bond donors (Lipinski definition) is 2. The first-order chi connectivity index (χ1) is 6.57. The van der Waals surface area contributed by atoms with E-state index in [1.165, 1.54) is 0 Å². The summed E-state index contributed by atoms with van der Waals surface area (Å²) in [5.74, 6) is 0.0852. The first-order valence-electron chi connectivity index (χ1n) is 4.50. The van der Waals surface area contributed by atoms with Crippen LogP contribution < -0.4 is 5.73 Å². The standard InChI is InChI=1S/C10H13BrClNO/c1-2-3-8(13)9-6(11)4-5-7(12)10(9)14/h4-5,8,14H,2-3,13H2,1H3/t8-/m0/s1. The van der Waals surface area contributed by atoms with Gasteiger partial charge in [0.1, 0.15) is 5.75 Å². The molecule has 3 N–H and O–H groups in total. The minimum absolute atomic E-state index is 0.0852. The molecule has 14 heavy (non-hydrogen) atoms. The highest BCUT2D eigenvalue weighted by Crippen LogP contribution is 2.37. The van der Waals surface area contributed by atoms with E-state index in [0.717, 1.165) is 17.3 Å². The van der Waals surface area contributed by atoms with E-state index in [1.54, 1.807) is 12.1 Å². The Morgan fingerprint density at radius 3 is 2.79 bits per heavy atom. The molecule has 0 fully saturated rings. The lowest BCUT2D eigenvalue weighted by atomic mass is 10.0. The fourth-order valence-corrected chi connectivity index (χ4v) is 2.14. The van der Waals surface area contributed by atoms with Crippen LogP contribution in [0.15, 0.2) is 16.6 Å². The van der Waals surface area contributed by atoms with E-state index in [-0.39, 0.29) is 11.8 Å². The van der Waals surface area contributed by atoms with Crippen molar-refractivity contribution in [2.24, 2.45) is 5.73 Å². The first kappa shape index (κ1) is 11.8. The van der Waals surface area contributed by atoms with Gasteiger partial charge in [-0.05, 0) is 18.6 Å². The van der Waals surface area contributed by atoms with E-state index in [4.69, 9.17) is 17.3 Å². The molecule has 1 aromatic carbocycles. The smallest absolute Gasteiger partial charge is 0.140 e. The van der Waals surface area contributed by atoms with Crippen molar-refractivity contribution in [1.29, 1.82) is 0 Å². The van der Waals surface area contributed by atoms with E-state index in [2.05, 4.69) is 22.9 Å². The predicted octanol–water partition coefficient (Wildman–Crippen LogP) is 3.61. The van der Waals surface area contributed by atoms with Gasteiger partial charge in [-0.25, -0.2) is 0 Å². The average molecular weight is 279 g/mol. The third-order valence-corrected chi connectivity index (χ3v) is 3.08. The summed E-state index contributed by atoms with van der Waals surface area (Å²) < 4.78 is 0.806. The molecule has 0 spiro atoms. The van der Waals surface area contributed by atoms with Crippen LogP contribution in [-0.4, -0.2) is 5.11 Å². The number of benzene rings is 1. The zero-order valence-electron chi connectivity index (χ0n) is 7.93. The van der Waals surface area contributed by atoms with Crippen LogP contribution in [0.1, 0.15) is 31.4 Å². The molecule has 78 valence electrons. The molecule has 0 aromatic heterocycles. The van der Waals surface area contributed by atoms with Crippen LogP contribution in [-0.2, 0) is 0 Å². The number of rotatable bonds is 3. The maximum absolute atomic E-state index is 9.73. The Morgan fingerprint density at radius 2 is 2.21 bits per heavy atom. The quantitative estimate of drug-likeness (QED) is 0.887. The van der Waals surface area contributed by atoms with Gasteiger partial charge in [-0.15, -0.1) is 0 Å². The molecule has 1 rings (SSSR count). The van der Waals surface area contributed by atoms with Crippen molar-refractivity contribution < 1.29 is 5.11 Å². The van der Waals surface area contributed by atoms with Gasteiger partial charge in [-0.1, -0.05) is 40.9 Å². The molecule has 0 radical (unpaired) electrons. The second kappa shape index (κ2) is 5.01. The molecule has 0 amide bonds. The van der Waals surface area contributed by atoms with Crippen molar-refractivity contribution in [3.8, 4) is 5.75 Å². The summed E-state index contributed by atoms with van der Waals surface area (Å²) in [4.78, 5) is 0. The zero-order valence-corrected chi connectivity index (χ0v) is 10.3. The van der Waals surface area contributed by atoms with Gasteiger partial charge in [0, 0.05) is 16.1 Å². The Labute approximate surface area is 97.2 Å². The highest BCUT2D eigenvalue weighted by molar-refractivity contribution is 9.10. The summed E-state index contributed by atoms with van der Waals surface area (Å²) in [6.45, 7) is 2.05. The maximum atomic E-state index is 9.73. The van der Waals surface area contributed by atoms with Crippen LogP contribution >= 0.6 is 27.5 Å². The lowest BCUT2D eigenvalue weighted by Gasteiger charge is -2.15. The minimum atomic E-state index is -0.173. The third-order valence-electron chi connectivity index (χ3n) is 2.09. The monoisotopic (exact) mass is 277 g/mol. The summed E-state index contributed by atoms with van der Waals surface area (Å²) in [5, 5.41) is 10.1. The average Bonchev–Trinajstić information content (AvgIpc) is 2.13. The molecule has 4 heteroatoms. The molecule has 2 nitrogen and oxygen atoms in total. The topological polar surface area (TPSA) is 46.2 Å². The molecular weight excluding hydrogens is 265 g/mol. The number of phenols is 1. The largest absolute Gasteiger partial charge is 0.506 e. The van der Waals surface area contributed by atoms with E-state index >= 15 is 0 Å². The molecule has 0 heterocycles. The van der Waals surface area contributed by atoms with Crippen LogP contribution in [0, 0.1) is 0 Å². The van der Waals surface area contributed by atoms with Crippen LogP contribution in [0.5, 0.6) is 5.75 Å². The van der Waals surface area contributed by atoms with Gasteiger partial charge in [0.2, 0.25) is 0 Å². The highest BCUT2D eigenvalue weighted by atomic mass is 79.9. The lowest BCUT2D eigenvalue weighted by Crippen LogP contribution is -2.10. The molecule has 0 saturated heterocycles. The van der Waals surface area contributed by atoms with Crippen molar-refractivity contribution >= 4 is 27.5 Å². The molecule has 1 atom stereocenters. The first-order valence-corrected chi connectivity index (χ1v) is 5.67. The zero-order chi connectivity index (χ0) is 10.7. The van der Waals surface area contributed by atoms with E-state index in [9.17, 15) is 5.11 Å². The second-order valence-corrected chi connectivity index (χ2v) is 4.45. The maximum Gasteiger partial charge on any atom is 0.140 e. The van der Waals surface area contributed by atoms with Crippen LogP contribution in [0.4, 0.5) is 0 Å². The lowest BCUT2D eigenvalue weighted by molar-refractivity contribution is 0.457. The van der Waals surface area contributed by atoms with Gasteiger partial charge in [0.25, 0.3) is 0 Å². The molecular formula is C10H13BrClNO.